The van der Waals surface area contributed by atoms with Gasteiger partial charge < -0.3 is 9.72 Å². The molecule has 0 saturated carbocycles. The fourth-order valence-corrected chi connectivity index (χ4v) is 2.35. The van der Waals surface area contributed by atoms with Gasteiger partial charge in [0.05, 0.1) is 11.9 Å². The van der Waals surface area contributed by atoms with Crippen molar-refractivity contribution in [2.24, 2.45) is 0 Å². The molecule has 2 aromatic heterocycles. The Bertz CT molecular complexity index is 879. The molecule has 23 heavy (non-hydrogen) atoms. The molecule has 2 heterocycles. The Labute approximate surface area is 129 Å². The average Bonchev–Trinajstić information content (AvgIpc) is 2.95. The summed E-state index contributed by atoms with van der Waals surface area (Å²) >= 11 is 0. The van der Waals surface area contributed by atoms with Gasteiger partial charge in [0.25, 0.3) is 0 Å². The Hall–Kier alpha value is -3.16. The summed E-state index contributed by atoms with van der Waals surface area (Å²) in [4.78, 5) is 18.0. The van der Waals surface area contributed by atoms with E-state index in [1.807, 2.05) is 0 Å². The number of fused-ring (bicyclic) bond motifs is 1. The van der Waals surface area contributed by atoms with Crippen LogP contribution in [0.25, 0.3) is 16.8 Å². The summed E-state index contributed by atoms with van der Waals surface area (Å²) in [6.07, 6.45) is 1.97. The molecule has 1 aromatic carbocycles. The number of rotatable bonds is 3. The molecule has 0 aliphatic rings. The number of anilines is 2. The van der Waals surface area contributed by atoms with Crippen LogP contribution in [0.1, 0.15) is 0 Å². The fourth-order valence-electron chi connectivity index (χ4n) is 2.35. The molecule has 8 heteroatoms. The van der Waals surface area contributed by atoms with E-state index < -0.39 is 6.09 Å². The van der Waals surface area contributed by atoms with Gasteiger partial charge in [0.2, 0.25) is 0 Å². The van der Waals surface area contributed by atoms with Crippen LogP contribution in [0.15, 0.2) is 42.7 Å². The molecule has 0 atom stereocenters. The first kappa shape index (κ1) is 14.8. The van der Waals surface area contributed by atoms with E-state index >= 15 is 0 Å². The monoisotopic (exact) mass is 318 g/mol. The molecular weight excluding hydrogens is 306 g/mol. The SMILES string of the molecule is CNc1c(F)cccc1-c1ccc2nc(NC(=O)OF)cn2c1. The summed E-state index contributed by atoms with van der Waals surface area (Å²) in [6.45, 7) is 0. The average molecular weight is 318 g/mol. The lowest BCUT2D eigenvalue weighted by Gasteiger charge is -2.10. The van der Waals surface area contributed by atoms with Gasteiger partial charge in [0, 0.05) is 28.9 Å². The first-order chi connectivity index (χ1) is 11.1. The van der Waals surface area contributed by atoms with Crippen molar-refractivity contribution in [2.75, 3.05) is 17.7 Å². The highest BCUT2D eigenvalue weighted by atomic mass is 19.3. The van der Waals surface area contributed by atoms with Crippen molar-refractivity contribution in [3.63, 3.8) is 0 Å². The molecule has 0 unspecified atom stereocenters. The first-order valence-corrected chi connectivity index (χ1v) is 6.67. The minimum Gasteiger partial charge on any atom is -0.385 e. The number of para-hydroxylation sites is 1. The number of hydrogen-bond acceptors (Lipinski definition) is 4. The zero-order valence-corrected chi connectivity index (χ0v) is 12.0. The van der Waals surface area contributed by atoms with Gasteiger partial charge in [-0.1, -0.05) is 12.1 Å². The van der Waals surface area contributed by atoms with Gasteiger partial charge in [-0.2, -0.15) is 0 Å². The molecule has 0 saturated heterocycles. The minimum atomic E-state index is -1.25. The zero-order chi connectivity index (χ0) is 16.4. The predicted octanol–water partition coefficient (Wildman–Crippen LogP) is 3.62. The fraction of sp³-hybridized carbons (Fsp3) is 0.0667. The Balaban J connectivity index is 2.03. The van der Waals surface area contributed by atoms with Crippen LogP contribution < -0.4 is 10.6 Å². The number of carbonyl (C=O) groups is 1. The first-order valence-electron chi connectivity index (χ1n) is 6.67. The quantitative estimate of drug-likeness (QED) is 0.774. The topological polar surface area (TPSA) is 67.7 Å². The maximum Gasteiger partial charge on any atom is 0.450 e. The minimum absolute atomic E-state index is 0.137. The van der Waals surface area contributed by atoms with Crippen molar-refractivity contribution in [1.29, 1.82) is 0 Å². The van der Waals surface area contributed by atoms with Crippen LogP contribution in [0.3, 0.4) is 0 Å². The van der Waals surface area contributed by atoms with Gasteiger partial charge in [-0.15, -0.1) is 0 Å². The van der Waals surface area contributed by atoms with Gasteiger partial charge in [0.15, 0.2) is 5.82 Å². The van der Waals surface area contributed by atoms with Gasteiger partial charge in [-0.05, 0) is 18.2 Å². The number of nitrogens with one attached hydrogen (secondary N) is 2. The van der Waals surface area contributed by atoms with Gasteiger partial charge in [-0.25, -0.2) is 19.1 Å². The van der Waals surface area contributed by atoms with Gasteiger partial charge >= 0.3 is 6.09 Å². The van der Waals surface area contributed by atoms with E-state index in [2.05, 4.69) is 20.6 Å². The molecule has 2 N–H and O–H groups in total. The third kappa shape index (κ3) is 2.78. The van der Waals surface area contributed by atoms with Crippen molar-refractivity contribution < 1.29 is 18.7 Å². The van der Waals surface area contributed by atoms with Crippen molar-refractivity contribution in [3.05, 3.63) is 48.5 Å². The lowest BCUT2D eigenvalue weighted by atomic mass is 10.1. The van der Waals surface area contributed by atoms with Gasteiger partial charge in [0.1, 0.15) is 11.5 Å². The van der Waals surface area contributed by atoms with Crippen LogP contribution in [0, 0.1) is 5.82 Å². The Morgan fingerprint density at radius 2 is 2.09 bits per heavy atom. The number of halogens is 2. The van der Waals surface area contributed by atoms with E-state index in [9.17, 15) is 13.7 Å². The molecule has 3 rings (SSSR count). The van der Waals surface area contributed by atoms with E-state index in [4.69, 9.17) is 0 Å². The predicted molar refractivity (Wildman–Crippen MR) is 81.3 cm³/mol. The number of benzene rings is 1. The van der Waals surface area contributed by atoms with Crippen molar-refractivity contribution >= 4 is 23.2 Å². The summed E-state index contributed by atoms with van der Waals surface area (Å²) in [6, 6.07) is 8.25. The summed E-state index contributed by atoms with van der Waals surface area (Å²) < 4.78 is 27.2. The van der Waals surface area contributed by atoms with Gasteiger partial charge in [-0.3, -0.25) is 5.32 Å². The molecule has 3 aromatic rings. The number of aromatic nitrogens is 2. The summed E-state index contributed by atoms with van der Waals surface area (Å²) in [5, 5.41) is 4.97. The second kappa shape index (κ2) is 5.91. The number of nitrogens with zero attached hydrogens (tertiary/aromatic N) is 2. The molecule has 118 valence electrons. The molecule has 1 amide bonds. The van der Waals surface area contributed by atoms with Crippen molar-refractivity contribution in [1.82, 2.24) is 9.38 Å². The molecule has 0 aliphatic heterocycles. The molecule has 0 aliphatic carbocycles. The second-order valence-electron chi connectivity index (χ2n) is 4.71. The zero-order valence-electron chi connectivity index (χ0n) is 12.0. The Morgan fingerprint density at radius 1 is 1.26 bits per heavy atom. The maximum atomic E-state index is 13.9. The van der Waals surface area contributed by atoms with Crippen LogP contribution in [0.2, 0.25) is 0 Å². The number of carbonyl (C=O) groups excluding carboxylic acids is 1. The van der Waals surface area contributed by atoms with Crippen molar-refractivity contribution in [2.45, 2.75) is 0 Å². The van der Waals surface area contributed by atoms with Crippen LogP contribution >= 0.6 is 0 Å². The number of pyridine rings is 1. The highest BCUT2D eigenvalue weighted by Gasteiger charge is 2.11. The van der Waals surface area contributed by atoms with Crippen LogP contribution in [0.4, 0.5) is 25.2 Å². The normalized spacial score (nSPS) is 10.6. The second-order valence-corrected chi connectivity index (χ2v) is 4.71. The summed E-state index contributed by atoms with van der Waals surface area (Å²) in [5.41, 5.74) is 2.34. The molecule has 6 nitrogen and oxygen atoms in total. The molecule has 0 bridgehead atoms. The lowest BCUT2D eigenvalue weighted by Crippen LogP contribution is -2.09. The number of hydrogen-bond donors (Lipinski definition) is 2. The summed E-state index contributed by atoms with van der Waals surface area (Å²) in [7, 11) is 1.64. The maximum absolute atomic E-state index is 13.9. The lowest BCUT2D eigenvalue weighted by molar-refractivity contribution is -0.0544. The van der Waals surface area contributed by atoms with E-state index in [0.29, 0.717) is 16.9 Å². The highest BCUT2D eigenvalue weighted by Crippen LogP contribution is 2.30. The smallest absolute Gasteiger partial charge is 0.385 e. The van der Waals surface area contributed by atoms with E-state index in [1.54, 1.807) is 41.9 Å². The largest absolute Gasteiger partial charge is 0.450 e. The van der Waals surface area contributed by atoms with Crippen LogP contribution in [-0.2, 0) is 4.94 Å². The highest BCUT2D eigenvalue weighted by molar-refractivity contribution is 5.83. The Kier molecular flexibility index (Phi) is 3.80. The molecule has 0 fully saturated rings. The molecule has 0 spiro atoms. The third-order valence-electron chi connectivity index (χ3n) is 3.33. The van der Waals surface area contributed by atoms with Crippen LogP contribution in [0.5, 0.6) is 0 Å². The molecule has 0 radical (unpaired) electrons. The number of amides is 1. The molecular formula is C15H12F2N4O2. The van der Waals surface area contributed by atoms with E-state index in [0.717, 1.165) is 5.56 Å². The standard InChI is InChI=1S/C15H12F2N4O2/c1-18-14-10(3-2-4-11(14)16)9-5-6-13-19-12(8-21(13)7-9)20-15(22)23-17/h2-8,18H,1H3,(H,20,22). The van der Waals surface area contributed by atoms with Crippen molar-refractivity contribution in [3.8, 4) is 11.1 Å². The summed E-state index contributed by atoms with van der Waals surface area (Å²) in [5.74, 6) is -0.221. The van der Waals surface area contributed by atoms with Crippen LogP contribution in [-0.4, -0.2) is 22.5 Å². The van der Waals surface area contributed by atoms with E-state index in [1.165, 1.54) is 12.3 Å². The Morgan fingerprint density at radius 3 is 2.83 bits per heavy atom. The van der Waals surface area contributed by atoms with E-state index in [-0.39, 0.29) is 11.6 Å². The number of imidazole rings is 1. The third-order valence-corrected chi connectivity index (χ3v) is 3.33.